The van der Waals surface area contributed by atoms with Crippen LogP contribution in [0.25, 0.3) is 6.08 Å². The number of rotatable bonds is 5. The molecule has 0 spiro atoms. The highest BCUT2D eigenvalue weighted by molar-refractivity contribution is 9.10. The maximum Gasteiger partial charge on any atom is 0.271 e. The van der Waals surface area contributed by atoms with E-state index in [0.717, 1.165) is 16.2 Å². The third-order valence-electron chi connectivity index (χ3n) is 7.42. The number of Topliss-reactive ketones (excluding diaryl/α,β-unsaturated/α-hetero) is 1. The Morgan fingerprint density at radius 3 is 2.50 bits per heavy atom. The van der Waals surface area contributed by atoms with Crippen LogP contribution in [0.2, 0.25) is 0 Å². The SMILES string of the molecule is COc1ccc(C(=O)[C@H]2[C@H]3C(=O)N(c4cccc([N+](=O)[O-])c4)C(=O)[C@@H]3[C@H]3C=Cc4ccccc4N32)cc1Br. The first kappa shape index (κ1) is 24.1. The average Bonchev–Trinajstić information content (AvgIpc) is 3.40. The zero-order chi connectivity index (χ0) is 26.7. The fourth-order valence-electron chi connectivity index (χ4n) is 5.80. The Balaban J connectivity index is 1.48. The molecule has 3 aromatic rings. The van der Waals surface area contributed by atoms with Gasteiger partial charge in [0.25, 0.3) is 5.69 Å². The Kier molecular flexibility index (Phi) is 5.64. The van der Waals surface area contributed by atoms with Gasteiger partial charge in [0.1, 0.15) is 11.8 Å². The van der Waals surface area contributed by atoms with Crippen molar-refractivity contribution in [2.24, 2.45) is 11.8 Å². The van der Waals surface area contributed by atoms with E-state index in [1.807, 2.05) is 41.3 Å². The number of methoxy groups -OCH3 is 1. The van der Waals surface area contributed by atoms with Crippen molar-refractivity contribution in [3.63, 3.8) is 0 Å². The van der Waals surface area contributed by atoms with Gasteiger partial charge in [-0.05, 0) is 51.8 Å². The second kappa shape index (κ2) is 8.91. The van der Waals surface area contributed by atoms with Gasteiger partial charge < -0.3 is 9.64 Å². The first-order valence-electron chi connectivity index (χ1n) is 11.9. The van der Waals surface area contributed by atoms with E-state index in [4.69, 9.17) is 4.74 Å². The number of hydrogen-bond acceptors (Lipinski definition) is 7. The van der Waals surface area contributed by atoms with Gasteiger partial charge >= 0.3 is 0 Å². The number of benzene rings is 3. The first-order chi connectivity index (χ1) is 18.3. The van der Waals surface area contributed by atoms with Gasteiger partial charge in [-0.15, -0.1) is 0 Å². The third-order valence-corrected chi connectivity index (χ3v) is 8.04. The molecule has 0 aromatic heterocycles. The second-order valence-corrected chi connectivity index (χ2v) is 10.2. The number of nitrogens with zero attached hydrogens (tertiary/aromatic N) is 3. The lowest BCUT2D eigenvalue weighted by Crippen LogP contribution is -2.48. The van der Waals surface area contributed by atoms with Gasteiger partial charge in [0, 0.05) is 23.4 Å². The number of amides is 2. The monoisotopic (exact) mass is 573 g/mol. The maximum absolute atomic E-state index is 14.1. The molecule has 0 N–H and O–H groups in total. The number of para-hydroxylation sites is 1. The number of ketones is 1. The number of ether oxygens (including phenoxy) is 1. The minimum Gasteiger partial charge on any atom is -0.496 e. The van der Waals surface area contributed by atoms with Gasteiger partial charge in [0.2, 0.25) is 11.8 Å². The molecule has 0 bridgehead atoms. The molecule has 4 atom stereocenters. The largest absolute Gasteiger partial charge is 0.496 e. The molecule has 0 saturated carbocycles. The van der Waals surface area contributed by atoms with Crippen LogP contribution in [0.15, 0.2) is 77.3 Å². The molecule has 38 heavy (non-hydrogen) atoms. The molecule has 10 heteroatoms. The number of anilines is 2. The van der Waals surface area contributed by atoms with Crippen LogP contribution < -0.4 is 14.5 Å². The summed E-state index contributed by atoms with van der Waals surface area (Å²) in [4.78, 5) is 55.6. The highest BCUT2D eigenvalue weighted by atomic mass is 79.9. The number of halogens is 1. The van der Waals surface area contributed by atoms with E-state index < -0.39 is 40.7 Å². The molecule has 3 aliphatic heterocycles. The maximum atomic E-state index is 14.1. The molecule has 2 fully saturated rings. The lowest BCUT2D eigenvalue weighted by Gasteiger charge is -2.36. The van der Waals surface area contributed by atoms with Crippen molar-refractivity contribution in [1.82, 2.24) is 0 Å². The quantitative estimate of drug-likeness (QED) is 0.189. The zero-order valence-electron chi connectivity index (χ0n) is 20.0. The number of imide groups is 1. The molecule has 3 heterocycles. The molecule has 6 rings (SSSR count). The lowest BCUT2D eigenvalue weighted by molar-refractivity contribution is -0.384. The van der Waals surface area contributed by atoms with Gasteiger partial charge in [-0.2, -0.15) is 0 Å². The first-order valence-corrected chi connectivity index (χ1v) is 12.7. The summed E-state index contributed by atoms with van der Waals surface area (Å²) in [6, 6.07) is 16.4. The third kappa shape index (κ3) is 3.47. The standard InChI is InChI=1S/C28H20BrN3O6/c1-38-22-12-10-16(13-19(22)29)26(33)25-24-23(21-11-9-15-5-2-3-8-20(15)31(21)25)27(34)30(28(24)35)17-6-4-7-18(14-17)32(36)37/h2-14,21,23-25H,1H3/t21-,23-,24+,25-/m1/s1. The van der Waals surface area contributed by atoms with Crippen molar-refractivity contribution in [3.8, 4) is 5.75 Å². The number of fused-ring (bicyclic) bond motifs is 5. The molecule has 0 radical (unpaired) electrons. The summed E-state index contributed by atoms with van der Waals surface area (Å²) in [6.07, 6.45) is 3.76. The Hall–Kier alpha value is -4.31. The summed E-state index contributed by atoms with van der Waals surface area (Å²) < 4.78 is 5.88. The highest BCUT2D eigenvalue weighted by Gasteiger charge is 2.64. The topological polar surface area (TPSA) is 110 Å². The van der Waals surface area contributed by atoms with E-state index in [9.17, 15) is 24.5 Å². The van der Waals surface area contributed by atoms with Crippen molar-refractivity contribution in [2.45, 2.75) is 12.1 Å². The van der Waals surface area contributed by atoms with E-state index in [-0.39, 0.29) is 17.2 Å². The number of hydrogen-bond donors (Lipinski definition) is 0. The van der Waals surface area contributed by atoms with Gasteiger partial charge in [-0.1, -0.05) is 36.4 Å². The molecule has 3 aliphatic rings. The van der Waals surface area contributed by atoms with Crippen LogP contribution in [0.1, 0.15) is 15.9 Å². The zero-order valence-corrected chi connectivity index (χ0v) is 21.6. The van der Waals surface area contributed by atoms with E-state index in [0.29, 0.717) is 15.8 Å². The molecule has 0 unspecified atom stereocenters. The van der Waals surface area contributed by atoms with Crippen molar-refractivity contribution >= 4 is 56.7 Å². The van der Waals surface area contributed by atoms with E-state index in [1.165, 1.54) is 31.4 Å². The highest BCUT2D eigenvalue weighted by Crippen LogP contribution is 2.50. The van der Waals surface area contributed by atoms with Crippen LogP contribution in [0.4, 0.5) is 17.1 Å². The predicted molar refractivity (Wildman–Crippen MR) is 143 cm³/mol. The molecule has 9 nitrogen and oxygen atoms in total. The van der Waals surface area contributed by atoms with Gasteiger partial charge in [0.15, 0.2) is 5.78 Å². The minimum atomic E-state index is -0.976. The second-order valence-electron chi connectivity index (χ2n) is 9.31. The molecular weight excluding hydrogens is 554 g/mol. The molecule has 2 saturated heterocycles. The minimum absolute atomic E-state index is 0.119. The van der Waals surface area contributed by atoms with Crippen LogP contribution in [0, 0.1) is 22.0 Å². The number of carbonyl (C=O) groups is 3. The van der Waals surface area contributed by atoms with Crippen LogP contribution in [-0.2, 0) is 9.59 Å². The molecule has 2 amide bonds. The summed E-state index contributed by atoms with van der Waals surface area (Å²) in [5.41, 5.74) is 1.90. The lowest BCUT2D eigenvalue weighted by atomic mass is 9.86. The van der Waals surface area contributed by atoms with Crippen molar-refractivity contribution in [1.29, 1.82) is 0 Å². The fourth-order valence-corrected chi connectivity index (χ4v) is 6.34. The van der Waals surface area contributed by atoms with Crippen LogP contribution in [0.5, 0.6) is 5.75 Å². The Bertz CT molecular complexity index is 1570. The van der Waals surface area contributed by atoms with Crippen LogP contribution >= 0.6 is 15.9 Å². The summed E-state index contributed by atoms with van der Waals surface area (Å²) in [6.45, 7) is 0. The summed E-state index contributed by atoms with van der Waals surface area (Å²) >= 11 is 3.43. The van der Waals surface area contributed by atoms with Crippen molar-refractivity contribution in [2.75, 3.05) is 16.9 Å². The Labute approximate surface area is 225 Å². The van der Waals surface area contributed by atoms with Crippen LogP contribution in [0.3, 0.4) is 0 Å². The van der Waals surface area contributed by atoms with Gasteiger partial charge in [0.05, 0.1) is 40.1 Å². The fraction of sp³-hybridized carbons (Fsp3) is 0.179. The molecule has 0 aliphatic carbocycles. The number of nitro groups is 1. The number of non-ortho nitro benzene ring substituents is 1. The van der Waals surface area contributed by atoms with E-state index in [1.54, 1.807) is 18.2 Å². The smallest absolute Gasteiger partial charge is 0.271 e. The summed E-state index contributed by atoms with van der Waals surface area (Å²) in [5.74, 6) is -2.59. The number of nitro benzene ring substituents is 1. The molecule has 3 aromatic carbocycles. The van der Waals surface area contributed by atoms with Crippen molar-refractivity contribution < 1.29 is 24.0 Å². The van der Waals surface area contributed by atoms with E-state index >= 15 is 0 Å². The van der Waals surface area contributed by atoms with Gasteiger partial charge in [-0.25, -0.2) is 4.90 Å². The number of carbonyl (C=O) groups excluding carboxylic acids is 3. The van der Waals surface area contributed by atoms with Crippen LogP contribution in [-0.4, -0.2) is 41.7 Å². The van der Waals surface area contributed by atoms with Gasteiger partial charge in [-0.3, -0.25) is 24.5 Å². The Morgan fingerprint density at radius 2 is 1.76 bits per heavy atom. The summed E-state index contributed by atoms with van der Waals surface area (Å²) in [7, 11) is 1.52. The Morgan fingerprint density at radius 1 is 1.00 bits per heavy atom. The molecular formula is C28H20BrN3O6. The summed E-state index contributed by atoms with van der Waals surface area (Å²) in [5, 5.41) is 11.3. The molecule has 190 valence electrons. The predicted octanol–water partition coefficient (Wildman–Crippen LogP) is 4.64. The average molecular weight is 574 g/mol. The van der Waals surface area contributed by atoms with E-state index in [2.05, 4.69) is 15.9 Å². The normalized spacial score (nSPS) is 23.2. The van der Waals surface area contributed by atoms with Crippen molar-refractivity contribution in [3.05, 3.63) is 98.5 Å².